The van der Waals surface area contributed by atoms with Crippen LogP contribution in [0.2, 0.25) is 0 Å². The highest BCUT2D eigenvalue weighted by molar-refractivity contribution is 7.26. The van der Waals surface area contributed by atoms with Gasteiger partial charge in [0.2, 0.25) is 0 Å². The van der Waals surface area contributed by atoms with Crippen molar-refractivity contribution >= 4 is 90.6 Å². The van der Waals surface area contributed by atoms with Gasteiger partial charge in [-0.25, -0.2) is 9.97 Å². The lowest BCUT2D eigenvalue weighted by molar-refractivity contribution is 1.22. The fourth-order valence-electron chi connectivity index (χ4n) is 7.58. The summed E-state index contributed by atoms with van der Waals surface area (Å²) < 4.78 is 7.41. The van der Waals surface area contributed by atoms with Crippen LogP contribution in [0, 0.1) is 0 Å². The minimum absolute atomic E-state index is 0.915. The van der Waals surface area contributed by atoms with Crippen LogP contribution in [0.25, 0.3) is 101 Å². The number of hydrogen-bond acceptors (Lipinski definition) is 4. The second-order valence-electron chi connectivity index (χ2n) is 12.6. The number of para-hydroxylation sites is 1. The maximum Gasteiger partial charge on any atom is 0.137 e. The fraction of sp³-hybridized carbons (Fsp3) is 0. The van der Waals surface area contributed by atoms with E-state index in [1.165, 1.54) is 62.6 Å². The molecule has 0 unspecified atom stereocenters. The molecule has 0 bridgehead atoms. The van der Waals surface area contributed by atoms with Gasteiger partial charge in [0.25, 0.3) is 0 Å². The van der Waals surface area contributed by atoms with Gasteiger partial charge in [-0.1, -0.05) is 97.1 Å². The van der Waals surface area contributed by atoms with E-state index in [9.17, 15) is 0 Å². The largest absolute Gasteiger partial charge is 0.298 e. The number of aromatic nitrogens is 3. The van der Waals surface area contributed by atoms with Gasteiger partial charge in [-0.3, -0.25) is 4.40 Å². The first-order chi connectivity index (χ1) is 24.3. The van der Waals surface area contributed by atoms with Crippen molar-refractivity contribution in [2.45, 2.75) is 0 Å². The number of fused-ring (bicyclic) bond motifs is 11. The van der Waals surface area contributed by atoms with Crippen LogP contribution < -0.4 is 0 Å². The minimum Gasteiger partial charge on any atom is -0.298 e. The summed E-state index contributed by atoms with van der Waals surface area (Å²) >= 11 is 3.74. The normalized spacial score (nSPS) is 12.1. The Morgan fingerprint density at radius 3 is 1.67 bits per heavy atom. The molecule has 11 aromatic rings. The lowest BCUT2D eigenvalue weighted by Gasteiger charge is -2.14. The van der Waals surface area contributed by atoms with Crippen molar-refractivity contribution in [3.05, 3.63) is 152 Å². The van der Waals surface area contributed by atoms with E-state index < -0.39 is 0 Å². The zero-order chi connectivity index (χ0) is 32.1. The lowest BCUT2D eigenvalue weighted by atomic mass is 9.93. The van der Waals surface area contributed by atoms with Crippen LogP contribution in [0.5, 0.6) is 0 Å². The van der Waals surface area contributed by atoms with Crippen molar-refractivity contribution < 1.29 is 0 Å². The molecule has 0 atom stereocenters. The number of nitrogens with zero attached hydrogens (tertiary/aromatic N) is 3. The van der Waals surface area contributed by atoms with Crippen LogP contribution in [0.3, 0.4) is 0 Å². The van der Waals surface area contributed by atoms with E-state index in [4.69, 9.17) is 9.97 Å². The average Bonchev–Trinajstić information content (AvgIpc) is 3.86. The molecular formula is C44H25N3S2. The Morgan fingerprint density at radius 1 is 0.449 bits per heavy atom. The van der Waals surface area contributed by atoms with Crippen molar-refractivity contribution in [2.75, 3.05) is 0 Å². The SMILES string of the molecule is c1ccc2c(c1)nc(-c1cc(-c3cccc4c3sc3ccccc34)cc(-c3cccc4c3sc3ccccc34)c1)c1c2nc2ccccn21. The molecule has 0 fully saturated rings. The number of pyridine rings is 2. The average molecular weight is 660 g/mol. The number of rotatable bonds is 3. The molecule has 11 rings (SSSR count). The van der Waals surface area contributed by atoms with Crippen molar-refractivity contribution in [2.24, 2.45) is 0 Å². The minimum atomic E-state index is 0.915. The highest BCUT2D eigenvalue weighted by atomic mass is 32.1. The van der Waals surface area contributed by atoms with Gasteiger partial charge < -0.3 is 0 Å². The smallest absolute Gasteiger partial charge is 0.137 e. The third-order valence-corrected chi connectivity index (χ3v) is 12.2. The Bertz CT molecular complexity index is 2990. The predicted molar refractivity (Wildman–Crippen MR) is 210 cm³/mol. The second-order valence-corrected chi connectivity index (χ2v) is 14.7. The Balaban J connectivity index is 1.27. The van der Waals surface area contributed by atoms with Crippen LogP contribution >= 0.6 is 22.7 Å². The van der Waals surface area contributed by atoms with Crippen LogP contribution in [0.1, 0.15) is 0 Å². The molecule has 0 saturated heterocycles. The van der Waals surface area contributed by atoms with E-state index in [0.29, 0.717) is 0 Å². The predicted octanol–water partition coefficient (Wildman–Crippen LogP) is 12.8. The molecule has 0 amide bonds. The number of thiophene rings is 2. The van der Waals surface area contributed by atoms with Gasteiger partial charge in [0.1, 0.15) is 11.2 Å². The molecule has 6 aromatic carbocycles. The quantitative estimate of drug-likeness (QED) is 0.189. The lowest BCUT2D eigenvalue weighted by Crippen LogP contribution is -1.94. The van der Waals surface area contributed by atoms with Crippen molar-refractivity contribution in [1.82, 2.24) is 14.4 Å². The van der Waals surface area contributed by atoms with E-state index in [1.54, 1.807) is 0 Å². The zero-order valence-electron chi connectivity index (χ0n) is 26.1. The van der Waals surface area contributed by atoms with Crippen molar-refractivity contribution in [3.63, 3.8) is 0 Å². The highest BCUT2D eigenvalue weighted by Crippen LogP contribution is 2.45. The fourth-order valence-corrected chi connectivity index (χ4v) is 10.1. The topological polar surface area (TPSA) is 30.2 Å². The molecule has 49 heavy (non-hydrogen) atoms. The van der Waals surface area contributed by atoms with Crippen LogP contribution in [0.15, 0.2) is 152 Å². The van der Waals surface area contributed by atoms with E-state index in [0.717, 1.165) is 38.8 Å². The first-order valence-electron chi connectivity index (χ1n) is 16.4. The molecule has 228 valence electrons. The summed E-state index contributed by atoms with van der Waals surface area (Å²) in [6.45, 7) is 0. The molecule has 0 saturated carbocycles. The van der Waals surface area contributed by atoms with Crippen LogP contribution in [0.4, 0.5) is 0 Å². The molecule has 5 heteroatoms. The second kappa shape index (κ2) is 10.3. The van der Waals surface area contributed by atoms with Gasteiger partial charge in [0.15, 0.2) is 0 Å². The van der Waals surface area contributed by atoms with Gasteiger partial charge in [-0.15, -0.1) is 22.7 Å². The number of imidazole rings is 1. The Hall–Kier alpha value is -5.88. The van der Waals surface area contributed by atoms with Gasteiger partial charge in [0, 0.05) is 57.5 Å². The van der Waals surface area contributed by atoms with Crippen molar-refractivity contribution in [1.29, 1.82) is 0 Å². The Labute approximate surface area is 289 Å². The molecule has 5 aromatic heterocycles. The van der Waals surface area contributed by atoms with E-state index in [2.05, 4.69) is 150 Å². The maximum atomic E-state index is 5.40. The van der Waals surface area contributed by atoms with Crippen LogP contribution in [-0.4, -0.2) is 14.4 Å². The molecule has 0 spiro atoms. The summed E-state index contributed by atoms with van der Waals surface area (Å²) in [7, 11) is 0. The molecule has 5 heterocycles. The first kappa shape index (κ1) is 27.1. The van der Waals surface area contributed by atoms with Gasteiger partial charge in [0.05, 0.1) is 16.7 Å². The first-order valence-corrected chi connectivity index (χ1v) is 18.0. The van der Waals surface area contributed by atoms with Gasteiger partial charge in [-0.2, -0.15) is 0 Å². The summed E-state index contributed by atoms with van der Waals surface area (Å²) in [4.78, 5) is 10.6. The summed E-state index contributed by atoms with van der Waals surface area (Å²) in [6.07, 6.45) is 2.10. The molecular weight excluding hydrogens is 635 g/mol. The standard InChI is InChI=1S/C44H25N3S2/c1-4-18-36-35(13-1)41-42(47-22-8-7-21-39(47)46-41)40(45-36)28-24-26(29-14-9-16-33-31-11-2-5-19-37(31)48-43(29)33)23-27(25-28)30-15-10-17-34-32-12-3-6-20-38(32)49-44(30)34/h1-25H. The van der Waals surface area contributed by atoms with E-state index >= 15 is 0 Å². The summed E-state index contributed by atoms with van der Waals surface area (Å²) in [5.41, 5.74) is 10.7. The Kier molecular flexibility index (Phi) is 5.70. The summed E-state index contributed by atoms with van der Waals surface area (Å²) in [5, 5.41) is 6.26. The Morgan fingerprint density at radius 2 is 1.00 bits per heavy atom. The van der Waals surface area contributed by atoms with E-state index in [-0.39, 0.29) is 0 Å². The molecule has 0 aliphatic carbocycles. The molecule has 3 nitrogen and oxygen atoms in total. The van der Waals surface area contributed by atoms with Gasteiger partial charge >= 0.3 is 0 Å². The molecule has 0 radical (unpaired) electrons. The summed E-state index contributed by atoms with van der Waals surface area (Å²) in [6, 6.07) is 52.6. The monoisotopic (exact) mass is 659 g/mol. The highest BCUT2D eigenvalue weighted by Gasteiger charge is 2.20. The number of hydrogen-bond donors (Lipinski definition) is 0. The van der Waals surface area contributed by atoms with Crippen LogP contribution in [-0.2, 0) is 0 Å². The molecule has 0 N–H and O–H groups in total. The molecule has 0 aliphatic heterocycles. The van der Waals surface area contributed by atoms with Crippen molar-refractivity contribution in [3.8, 4) is 33.5 Å². The number of benzene rings is 6. The van der Waals surface area contributed by atoms with E-state index in [1.807, 2.05) is 28.7 Å². The molecule has 0 aliphatic rings. The third kappa shape index (κ3) is 4.00. The zero-order valence-corrected chi connectivity index (χ0v) is 27.7. The maximum absolute atomic E-state index is 5.40. The van der Waals surface area contributed by atoms with Gasteiger partial charge in [-0.05, 0) is 70.8 Å². The third-order valence-electron chi connectivity index (χ3n) is 9.78. The summed E-state index contributed by atoms with van der Waals surface area (Å²) in [5.74, 6) is 0.